The van der Waals surface area contributed by atoms with E-state index in [4.69, 9.17) is 0 Å². The predicted octanol–water partition coefficient (Wildman–Crippen LogP) is 0.988. The van der Waals surface area contributed by atoms with Crippen molar-refractivity contribution >= 4 is 15.6 Å². The van der Waals surface area contributed by atoms with Crippen LogP contribution in [0.15, 0.2) is 12.4 Å². The van der Waals surface area contributed by atoms with Crippen molar-refractivity contribution in [3.05, 3.63) is 18.0 Å². The van der Waals surface area contributed by atoms with E-state index in [9.17, 15) is 26.4 Å². The molecular formula is C9H9F3N2O3S. The third kappa shape index (κ3) is 2.55. The number of aromatic nitrogens is 2. The van der Waals surface area contributed by atoms with Crippen LogP contribution in [-0.4, -0.2) is 41.7 Å². The van der Waals surface area contributed by atoms with Gasteiger partial charge in [-0.1, -0.05) is 0 Å². The molecule has 1 aromatic heterocycles. The second-order valence-electron chi connectivity index (χ2n) is 4.09. The molecule has 0 spiro atoms. The first-order valence-electron chi connectivity index (χ1n) is 5.05. The predicted molar refractivity (Wildman–Crippen MR) is 54.9 cm³/mol. The number of carbonyl (C=O) groups is 1. The molecule has 1 atom stereocenters. The Labute approximate surface area is 101 Å². The van der Waals surface area contributed by atoms with Crippen molar-refractivity contribution in [3.63, 3.8) is 0 Å². The normalized spacial score (nSPS) is 23.2. The standard InChI is InChI=1S/C9H9F3N2O3S/c10-9(11,12)8(15)6-3-13-14(4-6)7-1-2-18(16,17)5-7/h3-4,7H,1-2,5H2. The van der Waals surface area contributed by atoms with Gasteiger partial charge in [0.15, 0.2) is 9.84 Å². The van der Waals surface area contributed by atoms with Gasteiger partial charge in [0.05, 0.1) is 29.3 Å². The molecule has 0 saturated carbocycles. The van der Waals surface area contributed by atoms with Crippen molar-refractivity contribution < 1.29 is 26.4 Å². The van der Waals surface area contributed by atoms with Crippen LogP contribution in [0.5, 0.6) is 0 Å². The minimum atomic E-state index is -4.95. The summed E-state index contributed by atoms with van der Waals surface area (Å²) < 4.78 is 60.1. The summed E-state index contributed by atoms with van der Waals surface area (Å²) in [5.41, 5.74) is -0.577. The van der Waals surface area contributed by atoms with Crippen molar-refractivity contribution in [2.45, 2.75) is 18.6 Å². The molecule has 2 rings (SSSR count). The molecule has 18 heavy (non-hydrogen) atoms. The molecule has 1 aromatic rings. The second-order valence-corrected chi connectivity index (χ2v) is 6.32. The van der Waals surface area contributed by atoms with Crippen LogP contribution in [0.2, 0.25) is 0 Å². The summed E-state index contributed by atoms with van der Waals surface area (Å²) in [6.07, 6.45) is -2.90. The lowest BCUT2D eigenvalue weighted by molar-refractivity contribution is -0.0885. The summed E-state index contributed by atoms with van der Waals surface area (Å²) in [4.78, 5) is 10.9. The van der Waals surface area contributed by atoms with Gasteiger partial charge < -0.3 is 0 Å². The minimum Gasteiger partial charge on any atom is -0.284 e. The molecule has 1 fully saturated rings. The van der Waals surface area contributed by atoms with Gasteiger partial charge in [0.1, 0.15) is 0 Å². The van der Waals surface area contributed by atoms with E-state index in [1.165, 1.54) is 0 Å². The van der Waals surface area contributed by atoms with Crippen LogP contribution < -0.4 is 0 Å². The summed E-state index contributed by atoms with van der Waals surface area (Å²) in [6.45, 7) is 0. The van der Waals surface area contributed by atoms with E-state index in [0.717, 1.165) is 17.1 Å². The highest BCUT2D eigenvalue weighted by Crippen LogP contribution is 2.25. The SMILES string of the molecule is O=C(c1cnn(C2CCS(=O)(=O)C2)c1)C(F)(F)F. The fourth-order valence-corrected chi connectivity index (χ4v) is 3.51. The maximum Gasteiger partial charge on any atom is 0.454 e. The Morgan fingerprint density at radius 2 is 2.11 bits per heavy atom. The molecule has 0 bridgehead atoms. The molecule has 0 amide bonds. The zero-order valence-electron chi connectivity index (χ0n) is 9.01. The molecule has 1 aliphatic heterocycles. The third-order valence-electron chi connectivity index (χ3n) is 2.70. The molecule has 9 heteroatoms. The molecule has 5 nitrogen and oxygen atoms in total. The Kier molecular flexibility index (Phi) is 2.96. The van der Waals surface area contributed by atoms with E-state index >= 15 is 0 Å². The van der Waals surface area contributed by atoms with Crippen LogP contribution in [0.25, 0.3) is 0 Å². The Hall–Kier alpha value is -1.38. The molecule has 0 aromatic carbocycles. The Bertz CT molecular complexity index is 576. The van der Waals surface area contributed by atoms with Gasteiger partial charge in [0.25, 0.3) is 5.78 Å². The molecule has 1 saturated heterocycles. The first kappa shape index (κ1) is 13.1. The van der Waals surface area contributed by atoms with E-state index in [2.05, 4.69) is 5.10 Å². The number of hydrogen-bond acceptors (Lipinski definition) is 4. The van der Waals surface area contributed by atoms with Gasteiger partial charge in [0, 0.05) is 6.20 Å². The summed E-state index contributed by atoms with van der Waals surface area (Å²) in [6, 6.07) is -0.496. The third-order valence-corrected chi connectivity index (χ3v) is 4.45. The molecule has 1 unspecified atom stereocenters. The fraction of sp³-hybridized carbons (Fsp3) is 0.556. The van der Waals surface area contributed by atoms with Crippen molar-refractivity contribution in [2.24, 2.45) is 0 Å². The zero-order chi connectivity index (χ0) is 13.6. The van der Waals surface area contributed by atoms with E-state index < -0.39 is 33.4 Å². The molecule has 1 aliphatic rings. The van der Waals surface area contributed by atoms with Crippen molar-refractivity contribution in [1.82, 2.24) is 9.78 Å². The number of nitrogens with zero attached hydrogens (tertiary/aromatic N) is 2. The highest BCUT2D eigenvalue weighted by Gasteiger charge is 2.40. The highest BCUT2D eigenvalue weighted by atomic mass is 32.2. The van der Waals surface area contributed by atoms with Crippen LogP contribution in [0.3, 0.4) is 0 Å². The van der Waals surface area contributed by atoms with Crippen LogP contribution in [0.1, 0.15) is 22.8 Å². The average molecular weight is 282 g/mol. The highest BCUT2D eigenvalue weighted by molar-refractivity contribution is 7.91. The topological polar surface area (TPSA) is 69.0 Å². The number of hydrogen-bond donors (Lipinski definition) is 0. The van der Waals surface area contributed by atoms with E-state index in [0.29, 0.717) is 6.42 Å². The number of carbonyl (C=O) groups excluding carboxylic acids is 1. The second kappa shape index (κ2) is 4.08. The summed E-state index contributed by atoms with van der Waals surface area (Å²) in [5, 5.41) is 3.63. The zero-order valence-corrected chi connectivity index (χ0v) is 9.83. The maximum absolute atomic E-state index is 12.2. The van der Waals surface area contributed by atoms with Gasteiger partial charge >= 0.3 is 6.18 Å². The van der Waals surface area contributed by atoms with Crippen molar-refractivity contribution in [3.8, 4) is 0 Å². The number of rotatable bonds is 2. The lowest BCUT2D eigenvalue weighted by Gasteiger charge is -2.07. The van der Waals surface area contributed by atoms with Gasteiger partial charge in [-0.2, -0.15) is 18.3 Å². The van der Waals surface area contributed by atoms with E-state index in [1.54, 1.807) is 0 Å². The monoisotopic (exact) mass is 282 g/mol. The van der Waals surface area contributed by atoms with E-state index in [1.807, 2.05) is 0 Å². The maximum atomic E-state index is 12.2. The van der Waals surface area contributed by atoms with Crippen LogP contribution in [0, 0.1) is 0 Å². The number of alkyl halides is 3. The Balaban J connectivity index is 2.20. The molecular weight excluding hydrogens is 273 g/mol. The molecule has 2 heterocycles. The molecule has 0 N–H and O–H groups in total. The quantitative estimate of drug-likeness (QED) is 0.758. The lowest BCUT2D eigenvalue weighted by atomic mass is 10.2. The van der Waals surface area contributed by atoms with E-state index in [-0.39, 0.29) is 11.5 Å². The Morgan fingerprint density at radius 3 is 2.61 bits per heavy atom. The number of sulfone groups is 1. The van der Waals surface area contributed by atoms with Gasteiger partial charge in [-0.05, 0) is 6.42 Å². The molecule has 0 aliphatic carbocycles. The van der Waals surface area contributed by atoms with Gasteiger partial charge in [0.2, 0.25) is 0 Å². The van der Waals surface area contributed by atoms with Gasteiger partial charge in [-0.3, -0.25) is 9.48 Å². The number of Topliss-reactive ketones (excluding diaryl/α,β-unsaturated/α-hetero) is 1. The smallest absolute Gasteiger partial charge is 0.284 e. The van der Waals surface area contributed by atoms with Gasteiger partial charge in [-0.25, -0.2) is 8.42 Å². The van der Waals surface area contributed by atoms with Crippen LogP contribution >= 0.6 is 0 Å². The first-order chi connectivity index (χ1) is 8.19. The minimum absolute atomic E-state index is 0.0138. The molecule has 0 radical (unpaired) electrons. The van der Waals surface area contributed by atoms with Crippen LogP contribution in [-0.2, 0) is 9.84 Å². The van der Waals surface area contributed by atoms with Crippen molar-refractivity contribution in [1.29, 1.82) is 0 Å². The Morgan fingerprint density at radius 1 is 1.44 bits per heavy atom. The summed E-state index contributed by atoms with van der Waals surface area (Å²) in [5.74, 6) is -2.15. The number of halogens is 3. The first-order valence-corrected chi connectivity index (χ1v) is 6.87. The largest absolute Gasteiger partial charge is 0.454 e. The lowest BCUT2D eigenvalue weighted by Crippen LogP contribution is -2.22. The summed E-state index contributed by atoms with van der Waals surface area (Å²) >= 11 is 0. The summed E-state index contributed by atoms with van der Waals surface area (Å²) in [7, 11) is -3.15. The van der Waals surface area contributed by atoms with Crippen LogP contribution in [0.4, 0.5) is 13.2 Å². The van der Waals surface area contributed by atoms with Gasteiger partial charge in [-0.15, -0.1) is 0 Å². The molecule has 100 valence electrons. The van der Waals surface area contributed by atoms with Crippen molar-refractivity contribution in [2.75, 3.05) is 11.5 Å². The number of ketones is 1. The average Bonchev–Trinajstić information content (AvgIpc) is 2.81. The fourth-order valence-electron chi connectivity index (χ4n) is 1.80.